The molecule has 0 atom stereocenters. The van der Waals surface area contributed by atoms with Gasteiger partial charge in [-0.2, -0.15) is 0 Å². The Morgan fingerprint density at radius 1 is 1.15 bits per heavy atom. The maximum Gasteiger partial charge on any atom is 0.131 e. The molecule has 0 unspecified atom stereocenters. The molecule has 20 heavy (non-hydrogen) atoms. The van der Waals surface area contributed by atoms with Crippen molar-refractivity contribution in [3.8, 4) is 5.75 Å². The van der Waals surface area contributed by atoms with E-state index in [1.54, 1.807) is 13.2 Å². The van der Waals surface area contributed by atoms with Gasteiger partial charge >= 0.3 is 0 Å². The van der Waals surface area contributed by atoms with Crippen molar-refractivity contribution < 1.29 is 4.74 Å². The van der Waals surface area contributed by atoms with Gasteiger partial charge in [-0.25, -0.2) is 4.98 Å². The number of benzene rings is 1. The second-order valence-corrected chi connectivity index (χ2v) is 5.48. The number of aromatic nitrogens is 1. The average molecular weight is 289 g/mol. The SMILES string of the molecule is COc1ccccc1C1CC(Nc2cccc(Cl)n2)C1. The lowest BCUT2D eigenvalue weighted by Gasteiger charge is -2.37. The third-order valence-electron chi connectivity index (χ3n) is 3.78. The molecule has 1 fully saturated rings. The second-order valence-electron chi connectivity index (χ2n) is 5.10. The van der Waals surface area contributed by atoms with Crippen molar-refractivity contribution in [1.82, 2.24) is 4.98 Å². The Balaban J connectivity index is 1.61. The Morgan fingerprint density at radius 2 is 1.95 bits per heavy atom. The Kier molecular flexibility index (Phi) is 3.79. The first-order valence-corrected chi connectivity index (χ1v) is 7.16. The highest BCUT2D eigenvalue weighted by Gasteiger charge is 2.32. The fraction of sp³-hybridized carbons (Fsp3) is 0.312. The van der Waals surface area contributed by atoms with Gasteiger partial charge in [0.25, 0.3) is 0 Å². The van der Waals surface area contributed by atoms with Crippen LogP contribution < -0.4 is 10.1 Å². The van der Waals surface area contributed by atoms with Crippen LogP contribution >= 0.6 is 11.6 Å². The van der Waals surface area contributed by atoms with Crippen LogP contribution in [-0.2, 0) is 0 Å². The lowest BCUT2D eigenvalue weighted by molar-refractivity contribution is 0.349. The summed E-state index contributed by atoms with van der Waals surface area (Å²) in [6.07, 6.45) is 2.18. The normalized spacial score (nSPS) is 21.1. The zero-order valence-electron chi connectivity index (χ0n) is 11.3. The third-order valence-corrected chi connectivity index (χ3v) is 3.99. The molecular formula is C16H17ClN2O. The Labute approximate surface area is 123 Å². The maximum absolute atomic E-state index is 5.89. The van der Waals surface area contributed by atoms with Crippen LogP contribution in [0.3, 0.4) is 0 Å². The number of para-hydroxylation sites is 1. The molecule has 1 aliphatic carbocycles. The molecule has 1 heterocycles. The Bertz CT molecular complexity index is 597. The molecule has 0 radical (unpaired) electrons. The van der Waals surface area contributed by atoms with Gasteiger partial charge in [0.1, 0.15) is 16.7 Å². The molecule has 1 N–H and O–H groups in total. The quantitative estimate of drug-likeness (QED) is 0.860. The molecule has 1 aromatic carbocycles. The molecule has 0 bridgehead atoms. The zero-order valence-corrected chi connectivity index (χ0v) is 12.1. The van der Waals surface area contributed by atoms with E-state index in [2.05, 4.69) is 22.4 Å². The highest BCUT2D eigenvalue weighted by Crippen LogP contribution is 2.41. The number of ether oxygens (including phenoxy) is 1. The molecular weight excluding hydrogens is 272 g/mol. The summed E-state index contributed by atoms with van der Waals surface area (Å²) in [7, 11) is 1.73. The number of hydrogen-bond acceptors (Lipinski definition) is 3. The number of methoxy groups -OCH3 is 1. The van der Waals surface area contributed by atoms with Crippen LogP contribution in [0, 0.1) is 0 Å². The largest absolute Gasteiger partial charge is 0.496 e. The standard InChI is InChI=1S/C16H17ClN2O/c1-20-14-6-3-2-5-13(14)11-9-12(10-11)18-16-8-4-7-15(17)19-16/h2-8,11-12H,9-10H2,1H3,(H,18,19). The van der Waals surface area contributed by atoms with Crippen molar-refractivity contribution in [3.63, 3.8) is 0 Å². The minimum absolute atomic E-state index is 0.455. The van der Waals surface area contributed by atoms with Crippen LogP contribution in [0.1, 0.15) is 24.3 Å². The molecule has 4 heteroatoms. The monoisotopic (exact) mass is 288 g/mol. The highest BCUT2D eigenvalue weighted by atomic mass is 35.5. The van der Waals surface area contributed by atoms with Crippen molar-refractivity contribution in [2.45, 2.75) is 24.8 Å². The van der Waals surface area contributed by atoms with Gasteiger partial charge in [-0.05, 0) is 42.5 Å². The minimum atomic E-state index is 0.455. The van der Waals surface area contributed by atoms with Crippen LogP contribution in [0.15, 0.2) is 42.5 Å². The fourth-order valence-electron chi connectivity index (χ4n) is 2.69. The summed E-state index contributed by atoms with van der Waals surface area (Å²) in [6.45, 7) is 0. The number of nitrogens with one attached hydrogen (secondary N) is 1. The molecule has 2 aromatic rings. The molecule has 0 amide bonds. The number of anilines is 1. The maximum atomic E-state index is 5.89. The molecule has 0 aliphatic heterocycles. The molecule has 3 nitrogen and oxygen atoms in total. The number of hydrogen-bond donors (Lipinski definition) is 1. The van der Waals surface area contributed by atoms with Crippen molar-refractivity contribution >= 4 is 17.4 Å². The number of nitrogens with zero attached hydrogens (tertiary/aromatic N) is 1. The predicted octanol–water partition coefficient (Wildman–Crippen LogP) is 4.10. The van der Waals surface area contributed by atoms with Crippen molar-refractivity contribution in [2.24, 2.45) is 0 Å². The van der Waals surface area contributed by atoms with E-state index in [1.165, 1.54) is 5.56 Å². The first-order valence-electron chi connectivity index (χ1n) is 6.78. The van der Waals surface area contributed by atoms with Crippen LogP contribution in [0.25, 0.3) is 0 Å². The van der Waals surface area contributed by atoms with E-state index >= 15 is 0 Å². The molecule has 1 aliphatic rings. The lowest BCUT2D eigenvalue weighted by Crippen LogP contribution is -2.34. The number of pyridine rings is 1. The van der Waals surface area contributed by atoms with E-state index < -0.39 is 0 Å². The third kappa shape index (κ3) is 2.73. The first kappa shape index (κ1) is 13.3. The summed E-state index contributed by atoms with van der Waals surface area (Å²) < 4.78 is 5.42. The second kappa shape index (κ2) is 5.71. The molecule has 0 saturated heterocycles. The molecule has 0 spiro atoms. The number of halogens is 1. The zero-order chi connectivity index (χ0) is 13.9. The fourth-order valence-corrected chi connectivity index (χ4v) is 2.85. The summed E-state index contributed by atoms with van der Waals surface area (Å²) in [4.78, 5) is 4.26. The number of rotatable bonds is 4. The summed E-state index contributed by atoms with van der Waals surface area (Å²) in [5.41, 5.74) is 1.30. The predicted molar refractivity (Wildman–Crippen MR) is 81.6 cm³/mol. The molecule has 3 rings (SSSR count). The van der Waals surface area contributed by atoms with E-state index in [4.69, 9.17) is 16.3 Å². The smallest absolute Gasteiger partial charge is 0.131 e. The van der Waals surface area contributed by atoms with E-state index in [1.807, 2.05) is 24.3 Å². The van der Waals surface area contributed by atoms with Crippen LogP contribution in [0.5, 0.6) is 5.75 Å². The Hall–Kier alpha value is -1.74. The van der Waals surface area contributed by atoms with Crippen molar-refractivity contribution in [1.29, 1.82) is 0 Å². The summed E-state index contributed by atoms with van der Waals surface area (Å²) in [6, 6.07) is 14.3. The van der Waals surface area contributed by atoms with Gasteiger partial charge in [-0.1, -0.05) is 35.9 Å². The lowest BCUT2D eigenvalue weighted by atomic mass is 9.75. The van der Waals surface area contributed by atoms with E-state index in [0.29, 0.717) is 17.1 Å². The van der Waals surface area contributed by atoms with Gasteiger partial charge in [-0.3, -0.25) is 0 Å². The van der Waals surface area contributed by atoms with Crippen LogP contribution in [-0.4, -0.2) is 18.1 Å². The molecule has 1 saturated carbocycles. The van der Waals surface area contributed by atoms with Gasteiger partial charge in [0, 0.05) is 6.04 Å². The Morgan fingerprint density at radius 3 is 2.70 bits per heavy atom. The summed E-state index contributed by atoms with van der Waals surface area (Å²) in [5.74, 6) is 2.39. The molecule has 1 aromatic heterocycles. The first-order chi connectivity index (χ1) is 9.76. The van der Waals surface area contributed by atoms with E-state index in [0.717, 1.165) is 24.4 Å². The van der Waals surface area contributed by atoms with Gasteiger partial charge in [0.2, 0.25) is 0 Å². The van der Waals surface area contributed by atoms with Crippen LogP contribution in [0.4, 0.5) is 5.82 Å². The van der Waals surface area contributed by atoms with Gasteiger partial charge in [0.05, 0.1) is 7.11 Å². The molecule has 104 valence electrons. The van der Waals surface area contributed by atoms with Gasteiger partial charge < -0.3 is 10.1 Å². The average Bonchev–Trinajstić information content (AvgIpc) is 2.42. The topological polar surface area (TPSA) is 34.1 Å². The van der Waals surface area contributed by atoms with E-state index in [-0.39, 0.29) is 0 Å². The van der Waals surface area contributed by atoms with E-state index in [9.17, 15) is 0 Å². The van der Waals surface area contributed by atoms with Crippen molar-refractivity contribution in [3.05, 3.63) is 53.2 Å². The van der Waals surface area contributed by atoms with Crippen molar-refractivity contribution in [2.75, 3.05) is 12.4 Å². The van der Waals surface area contributed by atoms with Gasteiger partial charge in [0.15, 0.2) is 0 Å². The minimum Gasteiger partial charge on any atom is -0.496 e. The van der Waals surface area contributed by atoms with Gasteiger partial charge in [-0.15, -0.1) is 0 Å². The van der Waals surface area contributed by atoms with Crippen LogP contribution in [0.2, 0.25) is 5.15 Å². The summed E-state index contributed by atoms with van der Waals surface area (Å²) >= 11 is 5.89. The summed E-state index contributed by atoms with van der Waals surface area (Å²) in [5, 5.41) is 3.94. The highest BCUT2D eigenvalue weighted by molar-refractivity contribution is 6.29.